The van der Waals surface area contributed by atoms with Crippen LogP contribution < -0.4 is 0 Å². The molecule has 134 valence electrons. The third-order valence-electron chi connectivity index (χ3n) is 4.27. The molecule has 1 aliphatic rings. The van der Waals surface area contributed by atoms with Crippen LogP contribution in [0.5, 0.6) is 0 Å². The minimum atomic E-state index is -3.67. The molecule has 0 spiro atoms. The standard InChI is InChI=1S/C17H21N3O4S/c1-17(2,3)20-15-8-9-19(11-13(15)10-18-20)25(23,24)14-6-4-12(5-7-14)16(21)22/h4-7,10H,8-9,11H2,1-3H3,(H,21,22). The van der Waals surface area contributed by atoms with Crippen molar-refractivity contribution in [2.24, 2.45) is 0 Å². The Bertz CT molecular complexity index is 908. The summed E-state index contributed by atoms with van der Waals surface area (Å²) in [6.07, 6.45) is 2.33. The number of carboxylic acid groups (broad SMARTS) is 1. The van der Waals surface area contributed by atoms with Gasteiger partial charge in [-0.25, -0.2) is 13.2 Å². The second-order valence-corrected chi connectivity index (χ2v) is 9.06. The molecule has 1 aromatic carbocycles. The molecule has 7 nitrogen and oxygen atoms in total. The van der Waals surface area contributed by atoms with Gasteiger partial charge in [-0.1, -0.05) is 0 Å². The average Bonchev–Trinajstić information content (AvgIpc) is 2.98. The summed E-state index contributed by atoms with van der Waals surface area (Å²) < 4.78 is 29.0. The van der Waals surface area contributed by atoms with E-state index >= 15 is 0 Å². The van der Waals surface area contributed by atoms with E-state index in [1.807, 2.05) is 4.68 Å². The summed E-state index contributed by atoms with van der Waals surface area (Å²) in [4.78, 5) is 11.0. The van der Waals surface area contributed by atoms with Crippen molar-refractivity contribution < 1.29 is 18.3 Å². The van der Waals surface area contributed by atoms with Crippen molar-refractivity contribution in [1.29, 1.82) is 0 Å². The number of nitrogens with zero attached hydrogens (tertiary/aromatic N) is 3. The van der Waals surface area contributed by atoms with Gasteiger partial charge in [-0.15, -0.1) is 0 Å². The Morgan fingerprint density at radius 1 is 1.20 bits per heavy atom. The fourth-order valence-corrected chi connectivity index (χ4v) is 4.43. The molecule has 0 aliphatic carbocycles. The van der Waals surface area contributed by atoms with Crippen molar-refractivity contribution in [1.82, 2.24) is 14.1 Å². The van der Waals surface area contributed by atoms with E-state index in [4.69, 9.17) is 5.11 Å². The molecule has 2 heterocycles. The van der Waals surface area contributed by atoms with Gasteiger partial charge in [0.05, 0.1) is 22.2 Å². The van der Waals surface area contributed by atoms with Gasteiger partial charge < -0.3 is 5.11 Å². The second-order valence-electron chi connectivity index (χ2n) is 7.12. The van der Waals surface area contributed by atoms with E-state index in [-0.39, 0.29) is 22.5 Å². The van der Waals surface area contributed by atoms with Crippen LogP contribution in [0, 0.1) is 0 Å². The van der Waals surface area contributed by atoms with E-state index in [0.717, 1.165) is 11.3 Å². The number of aromatic carboxylic acids is 1. The molecule has 1 aromatic heterocycles. The highest BCUT2D eigenvalue weighted by atomic mass is 32.2. The number of aromatic nitrogens is 2. The summed E-state index contributed by atoms with van der Waals surface area (Å²) in [7, 11) is -3.67. The molecule has 25 heavy (non-hydrogen) atoms. The molecule has 0 amide bonds. The Morgan fingerprint density at radius 2 is 1.84 bits per heavy atom. The number of hydrogen-bond acceptors (Lipinski definition) is 4. The number of carboxylic acids is 1. The van der Waals surface area contributed by atoms with Crippen LogP contribution in [-0.4, -0.2) is 40.1 Å². The molecule has 1 N–H and O–H groups in total. The van der Waals surface area contributed by atoms with Crippen LogP contribution in [-0.2, 0) is 28.5 Å². The first-order chi connectivity index (χ1) is 11.6. The van der Waals surface area contributed by atoms with Crippen molar-refractivity contribution in [2.75, 3.05) is 6.54 Å². The van der Waals surface area contributed by atoms with Gasteiger partial charge in [0.25, 0.3) is 0 Å². The first kappa shape index (κ1) is 17.6. The van der Waals surface area contributed by atoms with Gasteiger partial charge in [-0.2, -0.15) is 9.40 Å². The molecule has 0 saturated heterocycles. The number of carbonyl (C=O) groups is 1. The molecule has 0 bridgehead atoms. The Kier molecular flexibility index (Phi) is 4.20. The predicted octanol–water partition coefficient (Wildman–Crippen LogP) is 2.08. The summed E-state index contributed by atoms with van der Waals surface area (Å²) in [5.41, 5.74) is 1.89. The van der Waals surface area contributed by atoms with Crippen LogP contribution in [0.25, 0.3) is 0 Å². The molecule has 0 fully saturated rings. The van der Waals surface area contributed by atoms with E-state index in [1.165, 1.54) is 28.6 Å². The van der Waals surface area contributed by atoms with Crippen LogP contribution in [0.1, 0.15) is 42.4 Å². The Labute approximate surface area is 146 Å². The summed E-state index contributed by atoms with van der Waals surface area (Å²) in [6.45, 7) is 6.83. The molecule has 0 atom stereocenters. The number of sulfonamides is 1. The lowest BCUT2D eigenvalue weighted by atomic mass is 10.1. The van der Waals surface area contributed by atoms with Crippen LogP contribution >= 0.6 is 0 Å². The quantitative estimate of drug-likeness (QED) is 0.901. The molecular formula is C17H21N3O4S. The smallest absolute Gasteiger partial charge is 0.335 e. The van der Waals surface area contributed by atoms with Crippen molar-refractivity contribution in [3.8, 4) is 0 Å². The molecule has 3 rings (SSSR count). The maximum atomic E-state index is 12.8. The van der Waals surface area contributed by atoms with Gasteiger partial charge in [0, 0.05) is 30.8 Å². The number of rotatable bonds is 3. The molecule has 8 heteroatoms. The van der Waals surface area contributed by atoms with E-state index < -0.39 is 16.0 Å². The van der Waals surface area contributed by atoms with Gasteiger partial charge >= 0.3 is 5.97 Å². The molecule has 0 saturated carbocycles. The zero-order valence-corrected chi connectivity index (χ0v) is 15.2. The zero-order chi connectivity index (χ0) is 18.4. The molecule has 0 unspecified atom stereocenters. The first-order valence-electron chi connectivity index (χ1n) is 8.00. The van der Waals surface area contributed by atoms with Crippen LogP contribution in [0.3, 0.4) is 0 Å². The lowest BCUT2D eigenvalue weighted by Crippen LogP contribution is -2.37. The molecule has 2 aromatic rings. The summed E-state index contributed by atoms with van der Waals surface area (Å²) in [5.74, 6) is -1.08. The third kappa shape index (κ3) is 3.19. The van der Waals surface area contributed by atoms with Crippen molar-refractivity contribution in [2.45, 2.75) is 44.2 Å². The minimum Gasteiger partial charge on any atom is -0.478 e. The summed E-state index contributed by atoms with van der Waals surface area (Å²) in [6, 6.07) is 5.30. The van der Waals surface area contributed by atoms with Gasteiger partial charge in [-0.3, -0.25) is 4.68 Å². The Hall–Kier alpha value is -2.19. The van der Waals surface area contributed by atoms with E-state index in [0.29, 0.717) is 13.0 Å². The normalized spacial score (nSPS) is 15.8. The van der Waals surface area contributed by atoms with Crippen LogP contribution in [0.2, 0.25) is 0 Å². The highest BCUT2D eigenvalue weighted by Crippen LogP contribution is 2.28. The maximum absolute atomic E-state index is 12.8. The summed E-state index contributed by atoms with van der Waals surface area (Å²) >= 11 is 0. The van der Waals surface area contributed by atoms with E-state index in [1.54, 1.807) is 6.20 Å². The monoisotopic (exact) mass is 363 g/mol. The molecule has 0 radical (unpaired) electrons. The van der Waals surface area contributed by atoms with Crippen molar-refractivity contribution >= 4 is 16.0 Å². The lowest BCUT2D eigenvalue weighted by molar-refractivity contribution is 0.0696. The fourth-order valence-electron chi connectivity index (χ4n) is 3.01. The van der Waals surface area contributed by atoms with Gasteiger partial charge in [0.15, 0.2) is 0 Å². The SMILES string of the molecule is CC(C)(C)n1ncc2c1CCN(S(=O)(=O)c1ccc(C(=O)O)cc1)C2. The zero-order valence-electron chi connectivity index (χ0n) is 14.4. The second kappa shape index (κ2) is 5.96. The number of fused-ring (bicyclic) bond motifs is 1. The number of hydrogen-bond donors (Lipinski definition) is 1. The molecular weight excluding hydrogens is 342 g/mol. The topological polar surface area (TPSA) is 92.5 Å². The summed E-state index contributed by atoms with van der Waals surface area (Å²) in [5, 5.41) is 13.4. The maximum Gasteiger partial charge on any atom is 0.335 e. The predicted molar refractivity (Wildman–Crippen MR) is 91.9 cm³/mol. The van der Waals surface area contributed by atoms with E-state index in [2.05, 4.69) is 25.9 Å². The van der Waals surface area contributed by atoms with Crippen molar-refractivity contribution in [3.05, 3.63) is 47.3 Å². The first-order valence-corrected chi connectivity index (χ1v) is 9.44. The lowest BCUT2D eigenvalue weighted by Gasteiger charge is -2.29. The highest BCUT2D eigenvalue weighted by Gasteiger charge is 2.32. The largest absolute Gasteiger partial charge is 0.478 e. The van der Waals surface area contributed by atoms with Crippen LogP contribution in [0.4, 0.5) is 0 Å². The Balaban J connectivity index is 1.88. The van der Waals surface area contributed by atoms with Gasteiger partial charge in [0.1, 0.15) is 0 Å². The fraction of sp³-hybridized carbons (Fsp3) is 0.412. The minimum absolute atomic E-state index is 0.0614. The average molecular weight is 363 g/mol. The van der Waals surface area contributed by atoms with Crippen molar-refractivity contribution in [3.63, 3.8) is 0 Å². The number of benzene rings is 1. The van der Waals surface area contributed by atoms with Gasteiger partial charge in [-0.05, 0) is 45.0 Å². The van der Waals surface area contributed by atoms with Crippen LogP contribution in [0.15, 0.2) is 35.4 Å². The van der Waals surface area contributed by atoms with Gasteiger partial charge in [0.2, 0.25) is 10.0 Å². The highest BCUT2D eigenvalue weighted by molar-refractivity contribution is 7.89. The molecule has 1 aliphatic heterocycles. The Morgan fingerprint density at radius 3 is 2.40 bits per heavy atom. The van der Waals surface area contributed by atoms with E-state index in [9.17, 15) is 13.2 Å². The third-order valence-corrected chi connectivity index (χ3v) is 6.13.